The first-order chi connectivity index (χ1) is 12.1. The number of anilines is 1. The van der Waals surface area contributed by atoms with Gasteiger partial charge in [0.1, 0.15) is 5.75 Å². The second-order valence-electron chi connectivity index (χ2n) is 6.25. The zero-order chi connectivity index (χ0) is 17.3. The Bertz CT molecular complexity index is 802. The standard InChI is InChI=1S/C19H18ClNO4/c20-14-5-1-2-6-15(14)23-12-18(22)21-13-7-8-16-17(11-13)25-19(24-16)9-3-4-10-19/h1-2,5-8,11H,3-4,9-10,12H2,(H,21,22). The van der Waals surface area contributed by atoms with Gasteiger partial charge in [-0.15, -0.1) is 0 Å². The van der Waals surface area contributed by atoms with Gasteiger partial charge in [0.25, 0.3) is 11.7 Å². The van der Waals surface area contributed by atoms with Gasteiger partial charge in [0.15, 0.2) is 18.1 Å². The fourth-order valence-corrected chi connectivity index (χ4v) is 3.38. The third-order valence-corrected chi connectivity index (χ3v) is 4.69. The van der Waals surface area contributed by atoms with Crippen molar-refractivity contribution in [1.29, 1.82) is 0 Å². The largest absolute Gasteiger partial charge is 0.482 e. The maximum Gasteiger partial charge on any atom is 0.262 e. The molecule has 0 saturated heterocycles. The Labute approximate surface area is 150 Å². The van der Waals surface area contributed by atoms with Crippen molar-refractivity contribution in [3.05, 3.63) is 47.5 Å². The van der Waals surface area contributed by atoms with Gasteiger partial charge in [-0.3, -0.25) is 4.79 Å². The summed E-state index contributed by atoms with van der Waals surface area (Å²) in [6.45, 7) is -0.123. The number of fused-ring (bicyclic) bond motifs is 1. The molecule has 1 saturated carbocycles. The lowest BCUT2D eigenvalue weighted by Gasteiger charge is -2.21. The van der Waals surface area contributed by atoms with E-state index in [0.717, 1.165) is 31.4 Å². The lowest BCUT2D eigenvalue weighted by atomic mass is 10.2. The minimum Gasteiger partial charge on any atom is -0.482 e. The van der Waals surface area contributed by atoms with Crippen molar-refractivity contribution in [3.63, 3.8) is 0 Å². The van der Waals surface area contributed by atoms with Crippen LogP contribution in [0.4, 0.5) is 5.69 Å². The molecule has 0 atom stereocenters. The van der Waals surface area contributed by atoms with E-state index in [0.29, 0.717) is 22.2 Å². The summed E-state index contributed by atoms with van der Waals surface area (Å²) >= 11 is 6.00. The van der Waals surface area contributed by atoms with Crippen molar-refractivity contribution >= 4 is 23.2 Å². The van der Waals surface area contributed by atoms with Gasteiger partial charge in [-0.05, 0) is 37.1 Å². The van der Waals surface area contributed by atoms with E-state index in [1.54, 1.807) is 36.4 Å². The number of hydrogen-bond acceptors (Lipinski definition) is 4. The number of para-hydroxylation sites is 1. The number of nitrogens with one attached hydrogen (secondary N) is 1. The van der Waals surface area contributed by atoms with Gasteiger partial charge in [-0.1, -0.05) is 23.7 Å². The molecule has 0 bridgehead atoms. The molecule has 6 heteroatoms. The second kappa shape index (κ2) is 6.48. The van der Waals surface area contributed by atoms with E-state index in [1.807, 2.05) is 6.07 Å². The summed E-state index contributed by atoms with van der Waals surface area (Å²) in [5.41, 5.74) is 0.644. The smallest absolute Gasteiger partial charge is 0.262 e. The highest BCUT2D eigenvalue weighted by molar-refractivity contribution is 6.32. The number of carbonyl (C=O) groups excluding carboxylic acids is 1. The molecule has 1 heterocycles. The molecule has 0 radical (unpaired) electrons. The molecule has 130 valence electrons. The van der Waals surface area contributed by atoms with E-state index in [9.17, 15) is 4.79 Å². The molecule has 1 amide bonds. The van der Waals surface area contributed by atoms with Crippen LogP contribution in [-0.4, -0.2) is 18.3 Å². The highest BCUT2D eigenvalue weighted by Crippen LogP contribution is 2.47. The van der Waals surface area contributed by atoms with E-state index in [-0.39, 0.29) is 12.5 Å². The summed E-state index contributed by atoms with van der Waals surface area (Å²) in [5, 5.41) is 3.27. The molecule has 4 rings (SSSR count). The van der Waals surface area contributed by atoms with Crippen molar-refractivity contribution in [1.82, 2.24) is 0 Å². The van der Waals surface area contributed by atoms with Gasteiger partial charge in [-0.25, -0.2) is 0 Å². The molecule has 2 aromatic carbocycles. The first-order valence-corrected chi connectivity index (χ1v) is 8.71. The van der Waals surface area contributed by atoms with Crippen molar-refractivity contribution in [3.8, 4) is 17.2 Å². The van der Waals surface area contributed by atoms with Crippen LogP contribution in [0.15, 0.2) is 42.5 Å². The highest BCUT2D eigenvalue weighted by atomic mass is 35.5. The van der Waals surface area contributed by atoms with Crippen molar-refractivity contribution in [2.75, 3.05) is 11.9 Å². The lowest BCUT2D eigenvalue weighted by molar-refractivity contribution is -0.118. The minimum absolute atomic E-state index is 0.123. The SMILES string of the molecule is O=C(COc1ccccc1Cl)Nc1ccc2c(c1)OC1(CCCC1)O2. The topological polar surface area (TPSA) is 56.8 Å². The summed E-state index contributed by atoms with van der Waals surface area (Å²) in [6.07, 6.45) is 4.01. The van der Waals surface area contributed by atoms with Gasteiger partial charge >= 0.3 is 0 Å². The molecule has 0 aromatic heterocycles. The average molecular weight is 360 g/mol. The predicted octanol–water partition coefficient (Wildman–Crippen LogP) is 4.40. The van der Waals surface area contributed by atoms with Gasteiger partial charge in [0.05, 0.1) is 5.02 Å². The summed E-state index contributed by atoms with van der Waals surface area (Å²) in [5.74, 6) is 1.11. The first kappa shape index (κ1) is 16.1. The zero-order valence-electron chi connectivity index (χ0n) is 13.6. The van der Waals surface area contributed by atoms with Crippen LogP contribution >= 0.6 is 11.6 Å². The summed E-state index contributed by atoms with van der Waals surface area (Å²) in [4.78, 5) is 12.1. The minimum atomic E-state index is -0.502. The van der Waals surface area contributed by atoms with Gasteiger partial charge in [-0.2, -0.15) is 0 Å². The second-order valence-corrected chi connectivity index (χ2v) is 6.66. The lowest BCUT2D eigenvalue weighted by Crippen LogP contribution is -2.34. The van der Waals surface area contributed by atoms with E-state index < -0.39 is 5.79 Å². The molecular weight excluding hydrogens is 342 g/mol. The molecule has 1 spiro atoms. The average Bonchev–Trinajstić information content (AvgIpc) is 3.20. The number of rotatable bonds is 4. The third kappa shape index (κ3) is 3.37. The number of carbonyl (C=O) groups is 1. The van der Waals surface area contributed by atoms with Gasteiger partial charge in [0.2, 0.25) is 0 Å². The van der Waals surface area contributed by atoms with Gasteiger partial charge < -0.3 is 19.5 Å². The molecule has 2 aromatic rings. The predicted molar refractivity (Wildman–Crippen MR) is 94.5 cm³/mol. The Morgan fingerprint density at radius 2 is 1.88 bits per heavy atom. The Kier molecular flexibility index (Phi) is 4.17. The first-order valence-electron chi connectivity index (χ1n) is 8.33. The van der Waals surface area contributed by atoms with E-state index in [2.05, 4.69) is 5.32 Å². The van der Waals surface area contributed by atoms with Crippen LogP contribution in [0, 0.1) is 0 Å². The summed E-state index contributed by atoms with van der Waals surface area (Å²) in [7, 11) is 0. The zero-order valence-corrected chi connectivity index (χ0v) is 14.3. The van der Waals surface area contributed by atoms with Crippen molar-refractivity contribution in [2.45, 2.75) is 31.5 Å². The molecule has 1 aliphatic heterocycles. The molecular formula is C19H18ClNO4. The molecule has 1 N–H and O–H groups in total. The molecule has 5 nitrogen and oxygen atoms in total. The number of amides is 1. The van der Waals surface area contributed by atoms with E-state index in [1.165, 1.54) is 0 Å². The fraction of sp³-hybridized carbons (Fsp3) is 0.316. The van der Waals surface area contributed by atoms with Crippen molar-refractivity contribution in [2.24, 2.45) is 0 Å². The number of halogens is 1. The van der Waals surface area contributed by atoms with Crippen LogP contribution in [0.25, 0.3) is 0 Å². The van der Waals surface area contributed by atoms with Gasteiger partial charge in [0, 0.05) is 24.6 Å². The van der Waals surface area contributed by atoms with Crippen LogP contribution in [0.3, 0.4) is 0 Å². The number of hydrogen-bond donors (Lipinski definition) is 1. The van der Waals surface area contributed by atoms with Crippen LogP contribution < -0.4 is 19.5 Å². The van der Waals surface area contributed by atoms with Crippen LogP contribution in [0.2, 0.25) is 5.02 Å². The maximum atomic E-state index is 12.1. The molecule has 1 fully saturated rings. The molecule has 0 unspecified atom stereocenters. The maximum absolute atomic E-state index is 12.1. The molecule has 25 heavy (non-hydrogen) atoms. The Morgan fingerprint density at radius 3 is 2.68 bits per heavy atom. The van der Waals surface area contributed by atoms with E-state index >= 15 is 0 Å². The van der Waals surface area contributed by atoms with Crippen molar-refractivity contribution < 1.29 is 19.0 Å². The summed E-state index contributed by atoms with van der Waals surface area (Å²) < 4.78 is 17.4. The van der Waals surface area contributed by atoms with Crippen LogP contribution in [-0.2, 0) is 4.79 Å². The van der Waals surface area contributed by atoms with Crippen LogP contribution in [0.1, 0.15) is 25.7 Å². The van der Waals surface area contributed by atoms with Crippen LogP contribution in [0.5, 0.6) is 17.2 Å². The van der Waals surface area contributed by atoms with E-state index in [4.69, 9.17) is 25.8 Å². The fourth-order valence-electron chi connectivity index (χ4n) is 3.19. The number of ether oxygens (including phenoxy) is 3. The number of benzene rings is 2. The highest BCUT2D eigenvalue weighted by Gasteiger charge is 2.44. The summed E-state index contributed by atoms with van der Waals surface area (Å²) in [6, 6.07) is 12.4. The molecule has 1 aliphatic carbocycles. The Balaban J connectivity index is 1.37. The molecule has 2 aliphatic rings. The third-order valence-electron chi connectivity index (χ3n) is 4.38. The Hall–Kier alpha value is -2.40. The normalized spacial score (nSPS) is 16.8. The monoisotopic (exact) mass is 359 g/mol. The Morgan fingerprint density at radius 1 is 1.12 bits per heavy atom. The quantitative estimate of drug-likeness (QED) is 0.879.